The van der Waals surface area contributed by atoms with E-state index in [1.165, 1.54) is 0 Å². The minimum absolute atomic E-state index is 0. The van der Waals surface area contributed by atoms with Crippen molar-refractivity contribution in [2.24, 2.45) is 0 Å². The van der Waals surface area contributed by atoms with E-state index >= 15 is 0 Å². The van der Waals surface area contributed by atoms with E-state index in [-0.39, 0.29) is 24.9 Å². The van der Waals surface area contributed by atoms with E-state index in [2.05, 4.69) is 5.32 Å². The molecule has 0 aliphatic carbocycles. The molecule has 0 amide bonds. The van der Waals surface area contributed by atoms with Gasteiger partial charge in [0.2, 0.25) is 0 Å². The Balaban J connectivity index is 0.00000121. The summed E-state index contributed by atoms with van der Waals surface area (Å²) in [6.07, 6.45) is -2.30. The molecule has 0 aromatic heterocycles. The summed E-state index contributed by atoms with van der Waals surface area (Å²) in [6.45, 7) is 1.79. The maximum absolute atomic E-state index is 12.1. The van der Waals surface area contributed by atoms with Gasteiger partial charge in [0.05, 0.1) is 0 Å². The predicted molar refractivity (Wildman–Crippen MR) is 43.5 cm³/mol. The van der Waals surface area contributed by atoms with E-state index in [1.807, 2.05) is 0 Å². The van der Waals surface area contributed by atoms with Crippen LogP contribution in [0.1, 0.15) is 26.2 Å². The van der Waals surface area contributed by atoms with Crippen LogP contribution in [0, 0.1) is 0 Å². The number of halogens is 4. The van der Waals surface area contributed by atoms with E-state index in [0.29, 0.717) is 6.42 Å². The molecule has 0 saturated carbocycles. The van der Waals surface area contributed by atoms with Crippen LogP contribution in [0.2, 0.25) is 0 Å². The molecule has 0 aromatic carbocycles. The highest BCUT2D eigenvalue weighted by Gasteiger charge is 2.41. The summed E-state index contributed by atoms with van der Waals surface area (Å²) >= 11 is 0. The molecule has 74 valence electrons. The van der Waals surface area contributed by atoms with Crippen molar-refractivity contribution in [1.82, 2.24) is 5.32 Å². The fourth-order valence-corrected chi connectivity index (χ4v) is 1.40. The molecule has 0 radical (unpaired) electrons. The van der Waals surface area contributed by atoms with Crippen molar-refractivity contribution < 1.29 is 13.2 Å². The predicted octanol–water partition coefficient (Wildman–Crippen LogP) is 2.50. The van der Waals surface area contributed by atoms with Crippen molar-refractivity contribution in [3.8, 4) is 0 Å². The molecule has 12 heavy (non-hydrogen) atoms. The second-order valence-corrected chi connectivity index (χ2v) is 3.09. The fraction of sp³-hybridized carbons (Fsp3) is 1.00. The lowest BCUT2D eigenvalue weighted by Crippen LogP contribution is -2.49. The van der Waals surface area contributed by atoms with Crippen LogP contribution >= 0.6 is 12.4 Å². The van der Waals surface area contributed by atoms with Gasteiger partial charge in [-0.3, -0.25) is 0 Å². The van der Waals surface area contributed by atoms with E-state index in [9.17, 15) is 13.2 Å². The van der Waals surface area contributed by atoms with Crippen LogP contribution in [0.4, 0.5) is 13.2 Å². The zero-order valence-electron chi connectivity index (χ0n) is 6.82. The zero-order valence-corrected chi connectivity index (χ0v) is 7.63. The lowest BCUT2D eigenvalue weighted by molar-refractivity contribution is -0.162. The molecule has 1 heterocycles. The summed E-state index contributed by atoms with van der Waals surface area (Å²) in [7, 11) is 0. The second-order valence-electron chi connectivity index (χ2n) is 3.09. The van der Waals surface area contributed by atoms with E-state index in [4.69, 9.17) is 0 Å². The van der Waals surface area contributed by atoms with Crippen molar-refractivity contribution in [3.63, 3.8) is 0 Å². The minimum Gasteiger partial charge on any atom is -0.304 e. The van der Waals surface area contributed by atoms with Gasteiger partial charge < -0.3 is 5.32 Å². The number of rotatable bonds is 0. The number of hydrogen-bond donors (Lipinski definition) is 1. The summed E-state index contributed by atoms with van der Waals surface area (Å²) in [5, 5.41) is 2.53. The van der Waals surface area contributed by atoms with Crippen LogP contribution in [-0.2, 0) is 0 Å². The van der Waals surface area contributed by atoms with Gasteiger partial charge in [-0.25, -0.2) is 0 Å². The van der Waals surface area contributed by atoms with Gasteiger partial charge >= 0.3 is 6.18 Å². The molecule has 1 nitrogen and oxygen atoms in total. The first-order valence-corrected chi connectivity index (χ1v) is 3.83. The first-order chi connectivity index (χ1) is 5.00. The number of nitrogens with one attached hydrogen (secondary N) is 1. The van der Waals surface area contributed by atoms with Crippen LogP contribution in [0.3, 0.4) is 0 Å². The SMILES string of the molecule is C[C@H]1CCC[C@@H](C(F)(F)F)N1.Cl. The van der Waals surface area contributed by atoms with Crippen molar-refractivity contribution in [2.75, 3.05) is 0 Å². The Morgan fingerprint density at radius 3 is 2.17 bits per heavy atom. The molecule has 1 rings (SSSR count). The Morgan fingerprint density at radius 1 is 1.25 bits per heavy atom. The zero-order chi connectivity index (χ0) is 8.48. The quantitative estimate of drug-likeness (QED) is 0.638. The molecule has 1 fully saturated rings. The topological polar surface area (TPSA) is 12.0 Å². The third-order valence-electron chi connectivity index (χ3n) is 2.01. The standard InChI is InChI=1S/C7H12F3N.ClH/c1-5-3-2-4-6(11-5)7(8,9)10;/h5-6,11H,2-4H2,1H3;1H/t5-,6-;/m0./s1. The highest BCUT2D eigenvalue weighted by Crippen LogP contribution is 2.27. The average molecular weight is 204 g/mol. The number of piperidine rings is 1. The van der Waals surface area contributed by atoms with Crippen LogP contribution in [-0.4, -0.2) is 18.3 Å². The Kier molecular flexibility index (Phi) is 4.34. The van der Waals surface area contributed by atoms with E-state index in [1.54, 1.807) is 6.92 Å². The highest BCUT2D eigenvalue weighted by molar-refractivity contribution is 5.85. The Hall–Kier alpha value is 0.0400. The van der Waals surface area contributed by atoms with E-state index in [0.717, 1.165) is 6.42 Å². The van der Waals surface area contributed by atoms with Gasteiger partial charge in [0, 0.05) is 6.04 Å². The van der Waals surface area contributed by atoms with Gasteiger partial charge in [-0.15, -0.1) is 12.4 Å². The third kappa shape index (κ3) is 3.19. The monoisotopic (exact) mass is 203 g/mol. The smallest absolute Gasteiger partial charge is 0.304 e. The maximum atomic E-state index is 12.1. The normalized spacial score (nSPS) is 31.0. The molecular formula is C7H13ClF3N. The molecule has 0 aromatic rings. The largest absolute Gasteiger partial charge is 0.403 e. The maximum Gasteiger partial charge on any atom is 0.403 e. The first kappa shape index (κ1) is 12.0. The summed E-state index contributed by atoms with van der Waals surface area (Å²) < 4.78 is 36.2. The number of hydrogen-bond acceptors (Lipinski definition) is 1. The van der Waals surface area contributed by atoms with Crippen molar-refractivity contribution in [1.29, 1.82) is 0 Å². The Bertz CT molecular complexity index is 137. The first-order valence-electron chi connectivity index (χ1n) is 3.83. The van der Waals surface area contributed by atoms with Gasteiger partial charge in [-0.05, 0) is 19.8 Å². The molecule has 0 bridgehead atoms. The van der Waals surface area contributed by atoms with Gasteiger partial charge in [0.15, 0.2) is 0 Å². The number of alkyl halides is 3. The van der Waals surface area contributed by atoms with Crippen LogP contribution in [0.5, 0.6) is 0 Å². The second kappa shape index (κ2) is 4.33. The highest BCUT2D eigenvalue weighted by atomic mass is 35.5. The molecule has 1 aliphatic heterocycles. The van der Waals surface area contributed by atoms with Crippen molar-refractivity contribution in [3.05, 3.63) is 0 Å². The lowest BCUT2D eigenvalue weighted by atomic mass is 9.99. The molecule has 0 unspecified atom stereocenters. The molecule has 1 N–H and O–H groups in total. The summed E-state index contributed by atoms with van der Waals surface area (Å²) in [5.74, 6) is 0. The van der Waals surface area contributed by atoms with Crippen LogP contribution < -0.4 is 5.32 Å². The average Bonchev–Trinajstić information content (AvgIpc) is 1.86. The minimum atomic E-state index is -4.06. The Morgan fingerprint density at radius 2 is 1.83 bits per heavy atom. The van der Waals surface area contributed by atoms with Crippen molar-refractivity contribution in [2.45, 2.75) is 44.4 Å². The summed E-state index contributed by atoms with van der Waals surface area (Å²) in [4.78, 5) is 0. The van der Waals surface area contributed by atoms with Gasteiger partial charge in [0.1, 0.15) is 6.04 Å². The Labute approximate surface area is 76.1 Å². The molecule has 2 atom stereocenters. The summed E-state index contributed by atoms with van der Waals surface area (Å²) in [6, 6.07) is -1.26. The van der Waals surface area contributed by atoms with Gasteiger partial charge in [-0.2, -0.15) is 13.2 Å². The van der Waals surface area contributed by atoms with Crippen LogP contribution in [0.25, 0.3) is 0 Å². The summed E-state index contributed by atoms with van der Waals surface area (Å²) in [5.41, 5.74) is 0. The van der Waals surface area contributed by atoms with Gasteiger partial charge in [-0.1, -0.05) is 6.42 Å². The lowest BCUT2D eigenvalue weighted by Gasteiger charge is -2.30. The molecule has 5 heteroatoms. The molecule has 0 spiro atoms. The van der Waals surface area contributed by atoms with Gasteiger partial charge in [0.25, 0.3) is 0 Å². The third-order valence-corrected chi connectivity index (χ3v) is 2.01. The van der Waals surface area contributed by atoms with Crippen LogP contribution in [0.15, 0.2) is 0 Å². The van der Waals surface area contributed by atoms with Crippen molar-refractivity contribution >= 4 is 12.4 Å². The molecule has 1 aliphatic rings. The molecular weight excluding hydrogens is 191 g/mol. The van der Waals surface area contributed by atoms with E-state index < -0.39 is 12.2 Å². The fourth-order valence-electron chi connectivity index (χ4n) is 1.40. The molecule has 1 saturated heterocycles.